The third-order valence-corrected chi connectivity index (χ3v) is 1.17. The van der Waals surface area contributed by atoms with Crippen LogP contribution in [0.3, 0.4) is 0 Å². The first kappa shape index (κ1) is 7.05. The summed E-state index contributed by atoms with van der Waals surface area (Å²) in [5.74, 6) is 0.742. The normalized spacial score (nSPS) is 13.4. The van der Waals surface area contributed by atoms with E-state index < -0.39 is 0 Å². The van der Waals surface area contributed by atoms with E-state index in [1.165, 1.54) is 0 Å². The van der Waals surface area contributed by atoms with Crippen LogP contribution in [-0.4, -0.2) is 11.8 Å². The van der Waals surface area contributed by atoms with Gasteiger partial charge in [0.1, 0.15) is 0 Å². The van der Waals surface area contributed by atoms with Crippen molar-refractivity contribution in [3.63, 3.8) is 0 Å². The molecule has 1 unspecified atom stereocenters. The van der Waals surface area contributed by atoms with E-state index in [2.05, 4.69) is 19.2 Å². The maximum absolute atomic E-state index is 5.44. The Morgan fingerprint density at radius 3 is 2.57 bits per heavy atom. The number of nitrogens with two attached hydrogens (primary N) is 1. The van der Waals surface area contributed by atoms with Crippen molar-refractivity contribution >= 4 is 12.6 Å². The molecule has 0 aromatic rings. The van der Waals surface area contributed by atoms with Crippen LogP contribution in [0.4, 0.5) is 0 Å². The van der Waals surface area contributed by atoms with Crippen LogP contribution in [0.5, 0.6) is 0 Å². The highest BCUT2D eigenvalue weighted by atomic mass is 32.1. The molecule has 7 heavy (non-hydrogen) atoms. The molecule has 1 nitrogen and oxygen atoms in total. The SMILES string of the molecule is C=CCC(N)CS. The fraction of sp³-hybridized carbons (Fsp3) is 0.600. The fourth-order valence-electron chi connectivity index (χ4n) is 0.289. The van der Waals surface area contributed by atoms with Crippen LogP contribution in [0.15, 0.2) is 12.7 Å². The van der Waals surface area contributed by atoms with Crippen molar-refractivity contribution in [3.05, 3.63) is 12.7 Å². The molecule has 2 N–H and O–H groups in total. The summed E-state index contributed by atoms with van der Waals surface area (Å²) in [4.78, 5) is 0. The lowest BCUT2D eigenvalue weighted by Crippen LogP contribution is -2.20. The largest absolute Gasteiger partial charge is 0.327 e. The molecule has 0 aromatic carbocycles. The third kappa shape index (κ3) is 3.89. The molecular weight excluding hydrogens is 106 g/mol. The highest BCUT2D eigenvalue weighted by Crippen LogP contribution is 1.89. The van der Waals surface area contributed by atoms with Crippen molar-refractivity contribution in [2.45, 2.75) is 12.5 Å². The predicted octanol–water partition coefficient (Wildman–Crippen LogP) is 0.820. The van der Waals surface area contributed by atoms with Crippen LogP contribution in [0.2, 0.25) is 0 Å². The van der Waals surface area contributed by atoms with Gasteiger partial charge in [-0.05, 0) is 6.42 Å². The summed E-state index contributed by atoms with van der Waals surface area (Å²) in [7, 11) is 0. The zero-order valence-corrected chi connectivity index (χ0v) is 5.20. The van der Waals surface area contributed by atoms with Gasteiger partial charge in [-0.2, -0.15) is 12.6 Å². The second kappa shape index (κ2) is 4.22. The highest BCUT2D eigenvalue weighted by molar-refractivity contribution is 7.80. The Labute approximate surface area is 50.0 Å². The summed E-state index contributed by atoms with van der Waals surface area (Å²) >= 11 is 3.98. The van der Waals surface area contributed by atoms with E-state index >= 15 is 0 Å². The van der Waals surface area contributed by atoms with Crippen LogP contribution < -0.4 is 5.73 Å². The Morgan fingerprint density at radius 1 is 1.86 bits per heavy atom. The summed E-state index contributed by atoms with van der Waals surface area (Å²) in [5.41, 5.74) is 5.44. The average molecular weight is 117 g/mol. The zero-order valence-electron chi connectivity index (χ0n) is 4.30. The second-order valence-electron chi connectivity index (χ2n) is 1.47. The quantitative estimate of drug-likeness (QED) is 0.415. The molecule has 42 valence electrons. The molecular formula is C5H11NS. The molecule has 0 heterocycles. The predicted molar refractivity (Wildman–Crippen MR) is 36.6 cm³/mol. The first-order valence-electron chi connectivity index (χ1n) is 2.28. The van der Waals surface area contributed by atoms with Gasteiger partial charge in [-0.3, -0.25) is 0 Å². The molecule has 0 saturated heterocycles. The summed E-state index contributed by atoms with van der Waals surface area (Å²) in [6, 6.07) is 0.195. The summed E-state index contributed by atoms with van der Waals surface area (Å²) in [5, 5.41) is 0. The average Bonchev–Trinajstić information content (AvgIpc) is 1.68. The molecule has 0 radical (unpaired) electrons. The van der Waals surface area contributed by atoms with Crippen molar-refractivity contribution in [1.82, 2.24) is 0 Å². The minimum absolute atomic E-state index is 0.195. The number of hydrogen-bond acceptors (Lipinski definition) is 2. The molecule has 0 spiro atoms. The van der Waals surface area contributed by atoms with E-state index in [9.17, 15) is 0 Å². The summed E-state index contributed by atoms with van der Waals surface area (Å²) in [6.45, 7) is 3.53. The monoisotopic (exact) mass is 117 g/mol. The lowest BCUT2D eigenvalue weighted by atomic mass is 10.2. The molecule has 0 rings (SSSR count). The first-order valence-corrected chi connectivity index (χ1v) is 2.92. The molecule has 1 atom stereocenters. The van der Waals surface area contributed by atoms with Crippen LogP contribution in [0, 0.1) is 0 Å². The van der Waals surface area contributed by atoms with Gasteiger partial charge in [-0.15, -0.1) is 6.58 Å². The molecule has 2 heteroatoms. The number of hydrogen-bond donors (Lipinski definition) is 2. The molecule has 0 amide bonds. The standard InChI is InChI=1S/C5H11NS/c1-2-3-5(6)4-7/h2,5,7H,1,3-4,6H2. The van der Waals surface area contributed by atoms with Gasteiger partial charge >= 0.3 is 0 Å². The van der Waals surface area contributed by atoms with Gasteiger partial charge in [0.15, 0.2) is 0 Å². The van der Waals surface area contributed by atoms with Crippen molar-refractivity contribution in [3.8, 4) is 0 Å². The van der Waals surface area contributed by atoms with E-state index in [1.807, 2.05) is 0 Å². The van der Waals surface area contributed by atoms with Gasteiger partial charge in [0.25, 0.3) is 0 Å². The minimum atomic E-state index is 0.195. The van der Waals surface area contributed by atoms with E-state index in [-0.39, 0.29) is 6.04 Å². The Kier molecular flexibility index (Phi) is 4.25. The summed E-state index contributed by atoms with van der Waals surface area (Å²) < 4.78 is 0. The van der Waals surface area contributed by atoms with Gasteiger partial charge in [0.05, 0.1) is 0 Å². The Bertz CT molecular complexity index is 54.0. The lowest BCUT2D eigenvalue weighted by molar-refractivity contribution is 0.772. The Morgan fingerprint density at radius 2 is 2.43 bits per heavy atom. The molecule has 0 fully saturated rings. The first-order chi connectivity index (χ1) is 3.31. The Balaban J connectivity index is 2.98. The topological polar surface area (TPSA) is 26.0 Å². The molecule has 0 aliphatic heterocycles. The van der Waals surface area contributed by atoms with Gasteiger partial charge < -0.3 is 5.73 Å². The zero-order chi connectivity index (χ0) is 5.70. The fourth-order valence-corrected chi connectivity index (χ4v) is 0.438. The van der Waals surface area contributed by atoms with Crippen molar-refractivity contribution in [2.75, 3.05) is 5.75 Å². The summed E-state index contributed by atoms with van der Waals surface area (Å²) in [6.07, 6.45) is 2.67. The smallest absolute Gasteiger partial charge is 0.0162 e. The van der Waals surface area contributed by atoms with Crippen LogP contribution >= 0.6 is 12.6 Å². The third-order valence-electron chi connectivity index (χ3n) is 0.704. The van der Waals surface area contributed by atoms with E-state index in [1.54, 1.807) is 6.08 Å². The molecule has 0 aliphatic rings. The van der Waals surface area contributed by atoms with Gasteiger partial charge in [-0.1, -0.05) is 6.08 Å². The molecule has 0 saturated carbocycles. The van der Waals surface area contributed by atoms with E-state index in [0.717, 1.165) is 12.2 Å². The van der Waals surface area contributed by atoms with E-state index in [0.29, 0.717) is 0 Å². The van der Waals surface area contributed by atoms with Crippen molar-refractivity contribution < 1.29 is 0 Å². The maximum atomic E-state index is 5.44. The van der Waals surface area contributed by atoms with Crippen LogP contribution in [0.25, 0.3) is 0 Å². The van der Waals surface area contributed by atoms with Gasteiger partial charge in [0.2, 0.25) is 0 Å². The van der Waals surface area contributed by atoms with Crippen LogP contribution in [0.1, 0.15) is 6.42 Å². The van der Waals surface area contributed by atoms with E-state index in [4.69, 9.17) is 5.73 Å². The molecule has 0 aromatic heterocycles. The maximum Gasteiger partial charge on any atom is 0.0162 e. The number of rotatable bonds is 3. The van der Waals surface area contributed by atoms with Crippen molar-refractivity contribution in [2.24, 2.45) is 5.73 Å². The highest BCUT2D eigenvalue weighted by Gasteiger charge is 1.91. The van der Waals surface area contributed by atoms with Gasteiger partial charge in [-0.25, -0.2) is 0 Å². The second-order valence-corrected chi connectivity index (χ2v) is 1.83. The van der Waals surface area contributed by atoms with Crippen LogP contribution in [-0.2, 0) is 0 Å². The molecule has 0 aliphatic carbocycles. The minimum Gasteiger partial charge on any atom is -0.327 e. The Hall–Kier alpha value is 0.0500. The molecule has 0 bridgehead atoms. The van der Waals surface area contributed by atoms with Crippen molar-refractivity contribution in [1.29, 1.82) is 0 Å². The number of thiol groups is 1. The lowest BCUT2D eigenvalue weighted by Gasteiger charge is -2.00. The van der Waals surface area contributed by atoms with Gasteiger partial charge in [0, 0.05) is 11.8 Å².